The molecule has 0 amide bonds. The van der Waals surface area contributed by atoms with Crippen molar-refractivity contribution in [2.75, 3.05) is 54.6 Å². The normalized spacial score (nSPS) is 15.5. The Balaban J connectivity index is 1.88. The Bertz CT molecular complexity index is 367. The molecule has 0 aromatic heterocycles. The van der Waals surface area contributed by atoms with Gasteiger partial charge in [0.05, 0.1) is 24.6 Å². The molecule has 0 saturated carbocycles. The number of benzene rings is 1. The van der Waals surface area contributed by atoms with Gasteiger partial charge in [-0.1, -0.05) is 19.1 Å². The summed E-state index contributed by atoms with van der Waals surface area (Å²) in [6.45, 7) is 6.91. The first-order valence-electron chi connectivity index (χ1n) is 7.15. The number of nitrogens with one attached hydrogen (secondary N) is 1. The van der Waals surface area contributed by atoms with Crippen molar-refractivity contribution < 1.29 is 4.74 Å². The van der Waals surface area contributed by atoms with Gasteiger partial charge in [0.2, 0.25) is 0 Å². The number of rotatable bonds is 7. The molecule has 106 valence electrons. The Morgan fingerprint density at radius 2 is 2.05 bits per heavy atom. The van der Waals surface area contributed by atoms with Crippen molar-refractivity contribution in [1.82, 2.24) is 0 Å². The molecule has 3 nitrogen and oxygen atoms in total. The van der Waals surface area contributed by atoms with Crippen LogP contribution in [0, 0.1) is 0 Å². The summed E-state index contributed by atoms with van der Waals surface area (Å²) >= 11 is 2.01. The van der Waals surface area contributed by atoms with Crippen molar-refractivity contribution in [3.63, 3.8) is 0 Å². The molecule has 1 aromatic rings. The van der Waals surface area contributed by atoms with Crippen LogP contribution < -0.4 is 10.2 Å². The number of thioether (sulfide) groups is 1. The highest BCUT2D eigenvalue weighted by molar-refractivity contribution is 7.99. The van der Waals surface area contributed by atoms with Crippen molar-refractivity contribution >= 4 is 23.1 Å². The molecule has 0 aliphatic carbocycles. The topological polar surface area (TPSA) is 24.5 Å². The summed E-state index contributed by atoms with van der Waals surface area (Å²) in [6, 6.07) is 8.60. The molecular weight excluding hydrogens is 256 g/mol. The van der Waals surface area contributed by atoms with E-state index in [1.165, 1.54) is 29.3 Å². The van der Waals surface area contributed by atoms with E-state index in [4.69, 9.17) is 4.74 Å². The number of ether oxygens (including phenoxy) is 1. The minimum atomic E-state index is 0.835. The Morgan fingerprint density at radius 3 is 2.84 bits per heavy atom. The molecule has 0 radical (unpaired) electrons. The summed E-state index contributed by atoms with van der Waals surface area (Å²) in [7, 11) is 0. The predicted octanol–water partition coefficient (Wildman–Crippen LogP) is 3.08. The van der Waals surface area contributed by atoms with Gasteiger partial charge in [0, 0.05) is 19.6 Å². The van der Waals surface area contributed by atoms with E-state index < -0.39 is 0 Å². The third kappa shape index (κ3) is 4.62. The van der Waals surface area contributed by atoms with Gasteiger partial charge in [0.1, 0.15) is 0 Å². The van der Waals surface area contributed by atoms with Gasteiger partial charge in [0.15, 0.2) is 0 Å². The highest BCUT2D eigenvalue weighted by Crippen LogP contribution is 2.26. The summed E-state index contributed by atoms with van der Waals surface area (Å²) in [6.07, 6.45) is 1.22. The highest BCUT2D eigenvalue weighted by Gasteiger charge is 2.13. The number of anilines is 2. The van der Waals surface area contributed by atoms with Gasteiger partial charge in [-0.2, -0.15) is 11.8 Å². The summed E-state index contributed by atoms with van der Waals surface area (Å²) in [4.78, 5) is 2.41. The second kappa shape index (κ2) is 8.33. The summed E-state index contributed by atoms with van der Waals surface area (Å²) < 4.78 is 5.42. The molecule has 1 aromatic carbocycles. The standard InChI is InChI=1S/C15H24N2OS/c1-2-19-13-5-8-16-14-6-3-4-7-15(14)17-9-11-18-12-10-17/h3-4,6-7,16H,2,5,8-13H2,1H3. The van der Waals surface area contributed by atoms with Crippen molar-refractivity contribution in [3.8, 4) is 0 Å². The van der Waals surface area contributed by atoms with E-state index in [1.807, 2.05) is 11.8 Å². The van der Waals surface area contributed by atoms with Crippen molar-refractivity contribution in [3.05, 3.63) is 24.3 Å². The van der Waals surface area contributed by atoms with Gasteiger partial charge < -0.3 is 15.0 Å². The molecule has 1 aliphatic heterocycles. The highest BCUT2D eigenvalue weighted by atomic mass is 32.2. The lowest BCUT2D eigenvalue weighted by Gasteiger charge is -2.30. The summed E-state index contributed by atoms with van der Waals surface area (Å²) in [5, 5.41) is 3.57. The average molecular weight is 280 g/mol. The van der Waals surface area contributed by atoms with Gasteiger partial charge in [-0.05, 0) is 30.1 Å². The van der Waals surface area contributed by atoms with Crippen LogP contribution in [0.2, 0.25) is 0 Å². The molecule has 0 spiro atoms. The lowest BCUT2D eigenvalue weighted by Crippen LogP contribution is -2.36. The third-order valence-electron chi connectivity index (χ3n) is 3.24. The zero-order chi connectivity index (χ0) is 13.3. The quantitative estimate of drug-likeness (QED) is 0.776. The molecule has 1 saturated heterocycles. The van der Waals surface area contributed by atoms with Crippen LogP contribution in [0.1, 0.15) is 13.3 Å². The van der Waals surface area contributed by atoms with E-state index in [1.54, 1.807) is 0 Å². The van der Waals surface area contributed by atoms with Gasteiger partial charge in [-0.3, -0.25) is 0 Å². The fourth-order valence-electron chi connectivity index (χ4n) is 2.24. The fourth-order valence-corrected chi connectivity index (χ4v) is 2.88. The van der Waals surface area contributed by atoms with Gasteiger partial charge in [0.25, 0.3) is 0 Å². The molecule has 0 bridgehead atoms. The van der Waals surface area contributed by atoms with Crippen molar-refractivity contribution in [2.24, 2.45) is 0 Å². The minimum absolute atomic E-state index is 0.835. The average Bonchev–Trinajstić information content (AvgIpc) is 2.48. The molecule has 0 unspecified atom stereocenters. The summed E-state index contributed by atoms with van der Waals surface area (Å²) in [5.74, 6) is 2.45. The maximum Gasteiger partial charge on any atom is 0.0642 e. The van der Waals surface area contributed by atoms with E-state index in [-0.39, 0.29) is 0 Å². The number of morpholine rings is 1. The van der Waals surface area contributed by atoms with Crippen LogP contribution in [0.25, 0.3) is 0 Å². The van der Waals surface area contributed by atoms with Crippen LogP contribution in [0.5, 0.6) is 0 Å². The van der Waals surface area contributed by atoms with Gasteiger partial charge in [-0.25, -0.2) is 0 Å². The predicted molar refractivity (Wildman–Crippen MR) is 85.6 cm³/mol. The molecule has 1 N–H and O–H groups in total. The van der Waals surface area contributed by atoms with Gasteiger partial charge in [-0.15, -0.1) is 0 Å². The van der Waals surface area contributed by atoms with Crippen LogP contribution in [0.4, 0.5) is 11.4 Å². The molecule has 0 atom stereocenters. The van der Waals surface area contributed by atoms with Crippen molar-refractivity contribution in [1.29, 1.82) is 0 Å². The second-order valence-corrected chi connectivity index (χ2v) is 5.99. The monoisotopic (exact) mass is 280 g/mol. The SMILES string of the molecule is CCSCCCNc1ccccc1N1CCOCC1. The maximum atomic E-state index is 5.42. The van der Waals surface area contributed by atoms with Crippen LogP contribution in [-0.4, -0.2) is 44.4 Å². The zero-order valence-electron chi connectivity index (χ0n) is 11.7. The van der Waals surface area contributed by atoms with Crippen LogP contribution in [0.15, 0.2) is 24.3 Å². The van der Waals surface area contributed by atoms with Crippen LogP contribution in [-0.2, 0) is 4.74 Å². The molecule has 1 fully saturated rings. The van der Waals surface area contributed by atoms with E-state index >= 15 is 0 Å². The van der Waals surface area contributed by atoms with Crippen LogP contribution >= 0.6 is 11.8 Å². The first-order chi connectivity index (χ1) is 9.42. The number of hydrogen-bond acceptors (Lipinski definition) is 4. The Labute approximate surface area is 120 Å². The largest absolute Gasteiger partial charge is 0.383 e. The van der Waals surface area contributed by atoms with Crippen LogP contribution in [0.3, 0.4) is 0 Å². The van der Waals surface area contributed by atoms with E-state index in [2.05, 4.69) is 41.4 Å². The second-order valence-electron chi connectivity index (χ2n) is 4.59. The Hall–Kier alpha value is -0.870. The number of hydrogen-bond donors (Lipinski definition) is 1. The Morgan fingerprint density at radius 1 is 1.26 bits per heavy atom. The van der Waals surface area contributed by atoms with E-state index in [0.29, 0.717) is 0 Å². The van der Waals surface area contributed by atoms with Crippen molar-refractivity contribution in [2.45, 2.75) is 13.3 Å². The van der Waals surface area contributed by atoms with Gasteiger partial charge >= 0.3 is 0 Å². The molecule has 4 heteroatoms. The molecule has 1 heterocycles. The lowest BCUT2D eigenvalue weighted by atomic mass is 10.2. The zero-order valence-corrected chi connectivity index (χ0v) is 12.5. The molecule has 2 rings (SSSR count). The molecule has 19 heavy (non-hydrogen) atoms. The first kappa shape index (κ1) is 14.5. The molecular formula is C15H24N2OS. The maximum absolute atomic E-state index is 5.42. The third-order valence-corrected chi connectivity index (χ3v) is 4.23. The fraction of sp³-hybridized carbons (Fsp3) is 0.600. The first-order valence-corrected chi connectivity index (χ1v) is 8.30. The molecule has 1 aliphatic rings. The minimum Gasteiger partial charge on any atom is -0.383 e. The number of nitrogens with zero attached hydrogens (tertiary/aromatic N) is 1. The Kier molecular flexibility index (Phi) is 6.37. The smallest absolute Gasteiger partial charge is 0.0642 e. The van der Waals surface area contributed by atoms with E-state index in [9.17, 15) is 0 Å². The van der Waals surface area contributed by atoms with E-state index in [0.717, 1.165) is 32.8 Å². The summed E-state index contributed by atoms with van der Waals surface area (Å²) in [5.41, 5.74) is 2.57. The lowest BCUT2D eigenvalue weighted by molar-refractivity contribution is 0.123. The number of para-hydroxylation sites is 2.